The Morgan fingerprint density at radius 2 is 2.50 bits per heavy atom. The van der Waals surface area contributed by atoms with E-state index in [4.69, 9.17) is 16.9 Å². The average molecular weight is 254 g/mol. The molecule has 1 N–H and O–H groups in total. The Balaban J connectivity index is 1.93. The number of anilines is 1. The quantitative estimate of drug-likeness (QED) is 0.905. The molecule has 0 aliphatic carbocycles. The number of nitrogens with zero attached hydrogens (tertiary/aromatic N) is 4. The van der Waals surface area contributed by atoms with Crippen molar-refractivity contribution in [1.29, 1.82) is 5.26 Å². The lowest BCUT2D eigenvalue weighted by Crippen LogP contribution is -2.10. The summed E-state index contributed by atoms with van der Waals surface area (Å²) < 4.78 is 5.71. The van der Waals surface area contributed by atoms with Gasteiger partial charge in [0.2, 0.25) is 0 Å². The van der Waals surface area contributed by atoms with Crippen molar-refractivity contribution in [3.8, 4) is 6.07 Å². The minimum Gasteiger partial charge on any atom is -0.373 e. The van der Waals surface area contributed by atoms with E-state index in [0.29, 0.717) is 17.1 Å². The van der Waals surface area contributed by atoms with E-state index in [9.17, 15) is 0 Å². The van der Waals surface area contributed by atoms with Crippen molar-refractivity contribution in [2.75, 3.05) is 11.9 Å². The Morgan fingerprint density at radius 3 is 3.19 bits per heavy atom. The third-order valence-electron chi connectivity index (χ3n) is 1.95. The Bertz CT molecular complexity index is 498. The van der Waals surface area contributed by atoms with Gasteiger partial charge in [-0.15, -0.1) is 0 Å². The maximum atomic E-state index is 8.85. The number of nitrogens with one attached hydrogen (secondary N) is 1. The molecule has 0 fully saturated rings. The van der Waals surface area contributed by atoms with Gasteiger partial charge in [0.05, 0.1) is 6.54 Å². The molecule has 0 amide bonds. The summed E-state index contributed by atoms with van der Waals surface area (Å²) in [5, 5.41) is 17.0. The van der Waals surface area contributed by atoms with Gasteiger partial charge >= 0.3 is 0 Å². The minimum atomic E-state index is 0.258. The molecule has 5 nitrogen and oxygen atoms in total. The standard InChI is InChI=1S/C9H8ClN5S/c10-8-7(6-11)9(16-14-8)12-3-5-15-4-1-2-13-15/h1-2,4,12H,3,5H2. The molecule has 0 aromatic carbocycles. The summed E-state index contributed by atoms with van der Waals surface area (Å²) in [6.45, 7) is 1.41. The maximum Gasteiger partial charge on any atom is 0.162 e. The van der Waals surface area contributed by atoms with Crippen LogP contribution in [0, 0.1) is 11.3 Å². The van der Waals surface area contributed by atoms with Gasteiger partial charge in [0, 0.05) is 18.9 Å². The van der Waals surface area contributed by atoms with Crippen LogP contribution in [0.5, 0.6) is 0 Å². The molecule has 82 valence electrons. The van der Waals surface area contributed by atoms with Crippen molar-refractivity contribution in [2.45, 2.75) is 6.54 Å². The molecule has 0 aliphatic rings. The van der Waals surface area contributed by atoms with Gasteiger partial charge in [-0.25, -0.2) is 0 Å². The molecule has 2 aromatic rings. The lowest BCUT2D eigenvalue weighted by Gasteiger charge is -2.03. The number of halogens is 1. The molecule has 0 atom stereocenters. The minimum absolute atomic E-state index is 0.258. The highest BCUT2D eigenvalue weighted by Gasteiger charge is 2.10. The van der Waals surface area contributed by atoms with Crippen molar-refractivity contribution in [3.05, 3.63) is 29.2 Å². The van der Waals surface area contributed by atoms with Crippen molar-refractivity contribution < 1.29 is 0 Å². The molecule has 0 radical (unpaired) electrons. The first-order chi connectivity index (χ1) is 7.81. The Labute approximate surface area is 101 Å². The Morgan fingerprint density at radius 1 is 1.62 bits per heavy atom. The highest BCUT2D eigenvalue weighted by atomic mass is 35.5. The predicted molar refractivity (Wildman–Crippen MR) is 62.6 cm³/mol. The van der Waals surface area contributed by atoms with Crippen LogP contribution >= 0.6 is 23.1 Å². The number of hydrogen-bond acceptors (Lipinski definition) is 5. The molecule has 2 rings (SSSR count). The summed E-state index contributed by atoms with van der Waals surface area (Å²) in [4.78, 5) is 0. The van der Waals surface area contributed by atoms with Gasteiger partial charge in [-0.1, -0.05) is 11.6 Å². The molecule has 2 heterocycles. The van der Waals surface area contributed by atoms with Crippen molar-refractivity contribution in [3.63, 3.8) is 0 Å². The summed E-state index contributed by atoms with van der Waals surface area (Å²) in [5.74, 6) is 0. The van der Waals surface area contributed by atoms with E-state index in [0.717, 1.165) is 6.54 Å². The van der Waals surface area contributed by atoms with Crippen LogP contribution in [0.4, 0.5) is 5.00 Å². The van der Waals surface area contributed by atoms with Gasteiger partial charge in [0.1, 0.15) is 16.6 Å². The van der Waals surface area contributed by atoms with E-state index in [-0.39, 0.29) is 5.15 Å². The van der Waals surface area contributed by atoms with Gasteiger partial charge < -0.3 is 5.32 Å². The monoisotopic (exact) mass is 253 g/mol. The first-order valence-electron chi connectivity index (χ1n) is 4.58. The number of nitriles is 1. The normalized spacial score (nSPS) is 10.0. The molecular weight excluding hydrogens is 246 g/mol. The van der Waals surface area contributed by atoms with Crippen molar-refractivity contribution in [2.24, 2.45) is 0 Å². The second kappa shape index (κ2) is 4.96. The average Bonchev–Trinajstić information content (AvgIpc) is 2.89. The SMILES string of the molecule is N#Cc1c(Cl)nsc1NCCn1cccn1. The molecule has 0 aliphatic heterocycles. The van der Waals surface area contributed by atoms with Gasteiger partial charge in [-0.05, 0) is 17.6 Å². The fourth-order valence-corrected chi connectivity index (χ4v) is 2.16. The Kier molecular flexibility index (Phi) is 3.39. The van der Waals surface area contributed by atoms with Gasteiger partial charge in [0.25, 0.3) is 0 Å². The van der Waals surface area contributed by atoms with E-state index in [1.165, 1.54) is 11.5 Å². The highest BCUT2D eigenvalue weighted by molar-refractivity contribution is 7.10. The summed E-state index contributed by atoms with van der Waals surface area (Å²) >= 11 is 6.94. The zero-order chi connectivity index (χ0) is 11.4. The second-order valence-corrected chi connectivity index (χ2v) is 4.12. The third kappa shape index (κ3) is 2.32. The summed E-state index contributed by atoms with van der Waals surface area (Å²) in [6.07, 6.45) is 3.61. The Hall–Kier alpha value is -1.58. The topological polar surface area (TPSA) is 66.5 Å². The van der Waals surface area contributed by atoms with E-state index >= 15 is 0 Å². The molecule has 0 unspecified atom stereocenters. The molecule has 0 saturated carbocycles. The van der Waals surface area contributed by atoms with Crippen LogP contribution in [-0.4, -0.2) is 20.7 Å². The van der Waals surface area contributed by atoms with Crippen LogP contribution in [0.1, 0.15) is 5.56 Å². The second-order valence-electron chi connectivity index (χ2n) is 2.99. The van der Waals surface area contributed by atoms with Crippen LogP contribution in [0.25, 0.3) is 0 Å². The molecule has 0 saturated heterocycles. The lowest BCUT2D eigenvalue weighted by atomic mass is 10.4. The number of aromatic nitrogens is 3. The molecule has 16 heavy (non-hydrogen) atoms. The fraction of sp³-hybridized carbons (Fsp3) is 0.222. The molecular formula is C9H8ClN5S. The third-order valence-corrected chi connectivity index (χ3v) is 3.13. The maximum absolute atomic E-state index is 8.85. The first-order valence-corrected chi connectivity index (χ1v) is 5.73. The predicted octanol–water partition coefficient (Wildman–Crippen LogP) is 1.98. The van der Waals surface area contributed by atoms with E-state index in [1.807, 2.05) is 23.0 Å². The highest BCUT2D eigenvalue weighted by Crippen LogP contribution is 2.27. The van der Waals surface area contributed by atoms with Crippen LogP contribution in [-0.2, 0) is 6.54 Å². The van der Waals surface area contributed by atoms with E-state index in [2.05, 4.69) is 14.8 Å². The fourth-order valence-electron chi connectivity index (χ4n) is 1.20. The van der Waals surface area contributed by atoms with Crippen molar-refractivity contribution >= 4 is 28.1 Å². The number of rotatable bonds is 4. The van der Waals surface area contributed by atoms with E-state index in [1.54, 1.807) is 6.20 Å². The van der Waals surface area contributed by atoms with Crippen LogP contribution in [0.2, 0.25) is 5.15 Å². The number of hydrogen-bond donors (Lipinski definition) is 1. The van der Waals surface area contributed by atoms with Gasteiger partial charge in [-0.2, -0.15) is 14.7 Å². The van der Waals surface area contributed by atoms with E-state index < -0.39 is 0 Å². The first kappa shape index (κ1) is 10.9. The van der Waals surface area contributed by atoms with Gasteiger partial charge in [0.15, 0.2) is 5.15 Å². The largest absolute Gasteiger partial charge is 0.373 e. The molecule has 0 bridgehead atoms. The zero-order valence-electron chi connectivity index (χ0n) is 8.22. The molecule has 2 aromatic heterocycles. The summed E-state index contributed by atoms with van der Waals surface area (Å²) in [7, 11) is 0. The van der Waals surface area contributed by atoms with Gasteiger partial charge in [-0.3, -0.25) is 4.68 Å². The summed E-state index contributed by atoms with van der Waals surface area (Å²) in [5.41, 5.74) is 0.409. The zero-order valence-corrected chi connectivity index (χ0v) is 9.79. The van der Waals surface area contributed by atoms with Crippen LogP contribution in [0.15, 0.2) is 18.5 Å². The van der Waals surface area contributed by atoms with Crippen LogP contribution in [0.3, 0.4) is 0 Å². The lowest BCUT2D eigenvalue weighted by molar-refractivity contribution is 0.638. The van der Waals surface area contributed by atoms with Crippen LogP contribution < -0.4 is 5.32 Å². The molecule has 0 spiro atoms. The van der Waals surface area contributed by atoms with Crippen molar-refractivity contribution in [1.82, 2.24) is 14.2 Å². The smallest absolute Gasteiger partial charge is 0.162 e. The summed E-state index contributed by atoms with van der Waals surface area (Å²) in [6, 6.07) is 3.88. The molecule has 7 heteroatoms.